The van der Waals surface area contributed by atoms with E-state index >= 15 is 0 Å². The smallest absolute Gasteiger partial charge is 0.0487 e. The van der Waals surface area contributed by atoms with E-state index in [1.165, 1.54) is 35.5 Å². The van der Waals surface area contributed by atoms with Crippen LogP contribution in [0.4, 0.5) is 0 Å². The Morgan fingerprint density at radius 3 is 2.75 bits per heavy atom. The molecule has 0 unspecified atom stereocenters. The molecule has 16 heavy (non-hydrogen) atoms. The molecule has 1 aromatic heterocycles. The Hall–Kier alpha value is -1.76. The highest BCUT2D eigenvalue weighted by Gasteiger charge is 2.13. The second-order valence-electron chi connectivity index (χ2n) is 4.31. The Balaban J connectivity index is 2.22. The van der Waals surface area contributed by atoms with Crippen LogP contribution in [0.2, 0.25) is 0 Å². The first-order chi connectivity index (χ1) is 7.86. The van der Waals surface area contributed by atoms with Crippen molar-refractivity contribution in [1.29, 1.82) is 0 Å². The maximum Gasteiger partial charge on any atom is 0.0487 e. The zero-order valence-electron chi connectivity index (χ0n) is 9.48. The minimum Gasteiger partial charge on any atom is -0.314 e. The van der Waals surface area contributed by atoms with E-state index in [1.54, 1.807) is 0 Å². The Bertz CT molecular complexity index is 532. The lowest BCUT2D eigenvalue weighted by Gasteiger charge is -2.12. The molecule has 1 aliphatic carbocycles. The Kier molecular flexibility index (Phi) is 2.17. The molecule has 1 aliphatic rings. The van der Waals surface area contributed by atoms with E-state index in [4.69, 9.17) is 0 Å². The van der Waals surface area contributed by atoms with Crippen molar-refractivity contribution in [3.8, 4) is 5.69 Å². The normalized spacial score (nSPS) is 13.8. The van der Waals surface area contributed by atoms with E-state index in [0.717, 1.165) is 0 Å². The lowest BCUT2D eigenvalue weighted by molar-refractivity contribution is 0.947. The molecule has 80 valence electrons. The highest BCUT2D eigenvalue weighted by atomic mass is 15.0. The number of benzene rings is 1. The number of para-hydroxylation sites is 1. The summed E-state index contributed by atoms with van der Waals surface area (Å²) < 4.78 is 2.34. The van der Waals surface area contributed by atoms with Gasteiger partial charge in [0.15, 0.2) is 0 Å². The number of rotatable bonds is 1. The van der Waals surface area contributed by atoms with Gasteiger partial charge < -0.3 is 4.57 Å². The number of fused-ring (bicyclic) bond motifs is 1. The molecule has 0 aliphatic heterocycles. The van der Waals surface area contributed by atoms with Gasteiger partial charge in [-0.1, -0.05) is 24.3 Å². The molecule has 1 aromatic carbocycles. The summed E-state index contributed by atoms with van der Waals surface area (Å²) >= 11 is 0. The van der Waals surface area contributed by atoms with Gasteiger partial charge in [-0.15, -0.1) is 0 Å². The summed E-state index contributed by atoms with van der Waals surface area (Å²) in [5, 5.41) is 0. The zero-order valence-corrected chi connectivity index (χ0v) is 9.48. The van der Waals surface area contributed by atoms with Crippen LogP contribution in [0.3, 0.4) is 0 Å². The van der Waals surface area contributed by atoms with Crippen LogP contribution in [0.15, 0.2) is 42.5 Å². The lowest BCUT2D eigenvalue weighted by Crippen LogP contribution is -2.01. The third-order valence-corrected chi connectivity index (χ3v) is 3.18. The molecule has 0 saturated heterocycles. The fourth-order valence-corrected chi connectivity index (χ4v) is 2.46. The minimum absolute atomic E-state index is 1.17. The molecule has 2 aromatic rings. The minimum atomic E-state index is 1.17. The van der Waals surface area contributed by atoms with Crippen molar-refractivity contribution >= 4 is 6.08 Å². The SMILES string of the molecule is Cc1cc2c(n1-c1ccccc1)C=CCC2. The maximum absolute atomic E-state index is 2.34. The summed E-state index contributed by atoms with van der Waals surface area (Å²) in [5.41, 5.74) is 5.41. The van der Waals surface area contributed by atoms with Crippen LogP contribution in [0.1, 0.15) is 23.4 Å². The Morgan fingerprint density at radius 2 is 1.94 bits per heavy atom. The largest absolute Gasteiger partial charge is 0.314 e. The summed E-state index contributed by atoms with van der Waals surface area (Å²) in [6.45, 7) is 2.18. The second-order valence-corrected chi connectivity index (χ2v) is 4.31. The molecule has 1 nitrogen and oxygen atoms in total. The third-order valence-electron chi connectivity index (χ3n) is 3.18. The lowest BCUT2D eigenvalue weighted by atomic mass is 10.0. The molecule has 1 heterocycles. The van der Waals surface area contributed by atoms with Gasteiger partial charge >= 0.3 is 0 Å². The summed E-state index contributed by atoms with van der Waals surface area (Å²) in [6.07, 6.45) is 6.86. The molecule has 0 amide bonds. The van der Waals surface area contributed by atoms with Gasteiger partial charge in [-0.3, -0.25) is 0 Å². The quantitative estimate of drug-likeness (QED) is 0.674. The van der Waals surface area contributed by atoms with Crippen molar-refractivity contribution in [2.24, 2.45) is 0 Å². The van der Waals surface area contributed by atoms with Crippen LogP contribution in [0, 0.1) is 6.92 Å². The molecule has 1 heteroatoms. The molecule has 0 atom stereocenters. The van der Waals surface area contributed by atoms with Crippen LogP contribution >= 0.6 is 0 Å². The van der Waals surface area contributed by atoms with Crippen molar-refractivity contribution in [3.63, 3.8) is 0 Å². The Morgan fingerprint density at radius 1 is 1.12 bits per heavy atom. The topological polar surface area (TPSA) is 4.93 Å². The van der Waals surface area contributed by atoms with Crippen molar-refractivity contribution in [2.75, 3.05) is 0 Å². The number of allylic oxidation sites excluding steroid dienone is 1. The highest BCUT2D eigenvalue weighted by Crippen LogP contribution is 2.26. The predicted molar refractivity (Wildman–Crippen MR) is 67.9 cm³/mol. The van der Waals surface area contributed by atoms with Gasteiger partial charge in [-0.25, -0.2) is 0 Å². The fourth-order valence-electron chi connectivity index (χ4n) is 2.46. The molecule has 0 spiro atoms. The van der Waals surface area contributed by atoms with E-state index in [0.29, 0.717) is 0 Å². The van der Waals surface area contributed by atoms with Gasteiger partial charge in [0.1, 0.15) is 0 Å². The molecule has 0 bridgehead atoms. The first kappa shape index (κ1) is 9.46. The highest BCUT2D eigenvalue weighted by molar-refractivity contribution is 5.58. The van der Waals surface area contributed by atoms with Crippen LogP contribution in [-0.2, 0) is 6.42 Å². The van der Waals surface area contributed by atoms with Crippen molar-refractivity contribution in [2.45, 2.75) is 19.8 Å². The van der Waals surface area contributed by atoms with Gasteiger partial charge in [0, 0.05) is 17.1 Å². The van der Waals surface area contributed by atoms with Crippen LogP contribution in [-0.4, -0.2) is 4.57 Å². The van der Waals surface area contributed by atoms with E-state index in [2.05, 4.69) is 60.0 Å². The second kappa shape index (κ2) is 3.67. The van der Waals surface area contributed by atoms with Crippen LogP contribution < -0.4 is 0 Å². The van der Waals surface area contributed by atoms with E-state index in [1.807, 2.05) is 0 Å². The van der Waals surface area contributed by atoms with Crippen molar-refractivity contribution < 1.29 is 0 Å². The molecule has 0 fully saturated rings. The first-order valence-corrected chi connectivity index (χ1v) is 5.79. The van der Waals surface area contributed by atoms with Crippen LogP contribution in [0.25, 0.3) is 11.8 Å². The van der Waals surface area contributed by atoms with E-state index < -0.39 is 0 Å². The summed E-state index contributed by atoms with van der Waals surface area (Å²) in [4.78, 5) is 0. The molecular weight excluding hydrogens is 194 g/mol. The number of aromatic nitrogens is 1. The van der Waals surface area contributed by atoms with Crippen LogP contribution in [0.5, 0.6) is 0 Å². The number of hydrogen-bond acceptors (Lipinski definition) is 0. The van der Waals surface area contributed by atoms with Crippen molar-refractivity contribution in [3.05, 3.63) is 59.4 Å². The van der Waals surface area contributed by atoms with Gasteiger partial charge in [-0.2, -0.15) is 0 Å². The molecule has 0 radical (unpaired) electrons. The summed E-state index contributed by atoms with van der Waals surface area (Å²) in [5.74, 6) is 0. The number of hydrogen-bond donors (Lipinski definition) is 0. The monoisotopic (exact) mass is 209 g/mol. The summed E-state index contributed by atoms with van der Waals surface area (Å²) in [6, 6.07) is 12.9. The van der Waals surface area contributed by atoms with E-state index in [9.17, 15) is 0 Å². The summed E-state index contributed by atoms with van der Waals surface area (Å²) in [7, 11) is 0. The molecule has 0 saturated carbocycles. The third kappa shape index (κ3) is 1.40. The maximum atomic E-state index is 2.34. The van der Waals surface area contributed by atoms with Gasteiger partial charge in [0.25, 0.3) is 0 Å². The van der Waals surface area contributed by atoms with Gasteiger partial charge in [0.2, 0.25) is 0 Å². The average Bonchev–Trinajstić information content (AvgIpc) is 2.66. The number of aryl methyl sites for hydroxylation is 2. The number of nitrogens with zero attached hydrogens (tertiary/aromatic N) is 1. The first-order valence-electron chi connectivity index (χ1n) is 5.79. The molecule has 0 N–H and O–H groups in total. The molecule has 3 rings (SSSR count). The van der Waals surface area contributed by atoms with E-state index in [-0.39, 0.29) is 0 Å². The molecular formula is C15H15N. The Labute approximate surface area is 96.0 Å². The van der Waals surface area contributed by atoms with Crippen molar-refractivity contribution in [1.82, 2.24) is 4.57 Å². The van der Waals surface area contributed by atoms with Gasteiger partial charge in [0.05, 0.1) is 0 Å². The standard InChI is InChI=1S/C15H15N/c1-12-11-13-7-5-6-10-15(13)16(12)14-8-3-2-4-9-14/h2-4,6,8-11H,5,7H2,1H3. The average molecular weight is 209 g/mol. The predicted octanol–water partition coefficient (Wildman–Crippen LogP) is 3.75. The zero-order chi connectivity index (χ0) is 11.0. The van der Waals surface area contributed by atoms with Gasteiger partial charge in [-0.05, 0) is 49.6 Å². The fraction of sp³-hybridized carbons (Fsp3) is 0.200.